The lowest BCUT2D eigenvalue weighted by atomic mass is 10.3. The summed E-state index contributed by atoms with van der Waals surface area (Å²) in [6.45, 7) is 5.88. The van der Waals surface area contributed by atoms with Crippen LogP contribution in [0.2, 0.25) is 0 Å². The molecular weight excluding hydrogens is 250 g/mol. The van der Waals surface area contributed by atoms with Crippen LogP contribution >= 0.6 is 0 Å². The van der Waals surface area contributed by atoms with E-state index in [1.165, 1.54) is 10.7 Å². The summed E-state index contributed by atoms with van der Waals surface area (Å²) in [7, 11) is -1.61. The van der Waals surface area contributed by atoms with Gasteiger partial charge in [0.2, 0.25) is 10.0 Å². The Balaban J connectivity index is 2.03. The van der Waals surface area contributed by atoms with Gasteiger partial charge in [-0.25, -0.2) is 8.42 Å². The summed E-state index contributed by atoms with van der Waals surface area (Å²) >= 11 is 0. The molecule has 2 rings (SSSR count). The quantitative estimate of drug-likeness (QED) is 0.827. The molecule has 4 nitrogen and oxygen atoms in total. The van der Waals surface area contributed by atoms with Gasteiger partial charge in [-0.15, -0.1) is 0 Å². The topological polar surface area (TPSA) is 50.5 Å². The van der Waals surface area contributed by atoms with Crippen LogP contribution in [0, 0.1) is 5.92 Å². The summed E-state index contributed by atoms with van der Waals surface area (Å²) in [5, 5.41) is -0.402. The van der Waals surface area contributed by atoms with Crippen LogP contribution in [0.5, 0.6) is 0 Å². The first-order valence-corrected chi connectivity index (χ1v) is 7.86. The number of furan rings is 1. The lowest BCUT2D eigenvalue weighted by molar-refractivity contribution is 0.387. The van der Waals surface area contributed by atoms with Crippen molar-refractivity contribution >= 4 is 10.0 Å². The largest absolute Gasteiger partial charge is 0.464 e. The lowest BCUT2D eigenvalue weighted by Crippen LogP contribution is -2.32. The van der Waals surface area contributed by atoms with Gasteiger partial charge in [0.15, 0.2) is 0 Å². The third-order valence-corrected chi connectivity index (χ3v) is 5.76. The predicted molar refractivity (Wildman–Crippen MR) is 70.8 cm³/mol. The van der Waals surface area contributed by atoms with Crippen molar-refractivity contribution in [2.75, 3.05) is 7.05 Å². The van der Waals surface area contributed by atoms with Crippen LogP contribution in [0.3, 0.4) is 0 Å². The molecule has 102 valence electrons. The van der Waals surface area contributed by atoms with Crippen LogP contribution in [0.25, 0.3) is 0 Å². The molecule has 1 aliphatic carbocycles. The Bertz CT molecular complexity index is 518. The van der Waals surface area contributed by atoms with E-state index in [1.54, 1.807) is 20.9 Å². The highest BCUT2D eigenvalue weighted by Crippen LogP contribution is 2.47. The maximum Gasteiger partial charge on any atom is 0.216 e. The Labute approximate surface area is 109 Å². The molecule has 0 aliphatic heterocycles. The fraction of sp³-hybridized carbons (Fsp3) is 0.692. The monoisotopic (exact) mass is 271 g/mol. The highest BCUT2D eigenvalue weighted by atomic mass is 32.2. The van der Waals surface area contributed by atoms with Crippen LogP contribution in [0.1, 0.15) is 44.6 Å². The van der Waals surface area contributed by atoms with E-state index in [4.69, 9.17) is 4.42 Å². The fourth-order valence-electron chi connectivity index (χ4n) is 2.07. The zero-order valence-corrected chi connectivity index (χ0v) is 12.2. The minimum absolute atomic E-state index is 0.307. The first-order valence-electron chi connectivity index (χ1n) is 6.36. The van der Waals surface area contributed by atoms with Gasteiger partial charge >= 0.3 is 0 Å². The van der Waals surface area contributed by atoms with E-state index in [0.717, 1.165) is 11.5 Å². The SMILES string of the molecule is CC1CC1c1ccc(CN(C)S(=O)(=O)C(C)C)o1. The molecule has 1 aliphatic rings. The van der Waals surface area contributed by atoms with Gasteiger partial charge in [-0.05, 0) is 38.3 Å². The minimum atomic E-state index is -3.21. The molecule has 5 heteroatoms. The van der Waals surface area contributed by atoms with Gasteiger partial charge in [0.1, 0.15) is 11.5 Å². The first kappa shape index (κ1) is 13.6. The van der Waals surface area contributed by atoms with Gasteiger partial charge in [0.05, 0.1) is 11.8 Å². The van der Waals surface area contributed by atoms with E-state index in [0.29, 0.717) is 18.4 Å². The van der Waals surface area contributed by atoms with E-state index in [2.05, 4.69) is 6.92 Å². The fourth-order valence-corrected chi connectivity index (χ4v) is 3.09. The van der Waals surface area contributed by atoms with Crippen molar-refractivity contribution in [3.8, 4) is 0 Å². The zero-order valence-electron chi connectivity index (χ0n) is 11.4. The molecule has 2 atom stereocenters. The van der Waals surface area contributed by atoms with Crippen molar-refractivity contribution in [1.29, 1.82) is 0 Å². The molecule has 0 bridgehead atoms. The molecule has 0 N–H and O–H groups in total. The van der Waals surface area contributed by atoms with Gasteiger partial charge in [-0.2, -0.15) is 4.31 Å². The summed E-state index contributed by atoms with van der Waals surface area (Å²) in [4.78, 5) is 0. The number of sulfonamides is 1. The summed E-state index contributed by atoms with van der Waals surface area (Å²) in [5.41, 5.74) is 0. The van der Waals surface area contributed by atoms with Crippen molar-refractivity contribution in [2.24, 2.45) is 5.92 Å². The highest BCUT2D eigenvalue weighted by Gasteiger charge is 2.36. The van der Waals surface area contributed by atoms with Gasteiger partial charge in [-0.3, -0.25) is 0 Å². The third kappa shape index (κ3) is 2.62. The van der Waals surface area contributed by atoms with Gasteiger partial charge in [-0.1, -0.05) is 6.92 Å². The van der Waals surface area contributed by atoms with Crippen molar-refractivity contribution in [3.63, 3.8) is 0 Å². The Kier molecular flexibility index (Phi) is 3.56. The molecule has 0 amide bonds. The molecule has 1 fully saturated rings. The summed E-state index contributed by atoms with van der Waals surface area (Å²) in [6.07, 6.45) is 1.17. The summed E-state index contributed by atoms with van der Waals surface area (Å²) < 4.78 is 30.9. The second-order valence-electron chi connectivity index (χ2n) is 5.47. The summed E-state index contributed by atoms with van der Waals surface area (Å²) in [5.74, 6) is 2.94. The van der Waals surface area contributed by atoms with E-state index in [-0.39, 0.29) is 0 Å². The Morgan fingerprint density at radius 3 is 2.56 bits per heavy atom. The Morgan fingerprint density at radius 2 is 2.06 bits per heavy atom. The average Bonchev–Trinajstić information content (AvgIpc) is 2.84. The van der Waals surface area contributed by atoms with Crippen molar-refractivity contribution < 1.29 is 12.8 Å². The van der Waals surface area contributed by atoms with Gasteiger partial charge in [0.25, 0.3) is 0 Å². The number of hydrogen-bond donors (Lipinski definition) is 0. The van der Waals surface area contributed by atoms with E-state index in [9.17, 15) is 8.42 Å². The molecule has 0 saturated heterocycles. The van der Waals surface area contributed by atoms with Crippen LogP contribution < -0.4 is 0 Å². The normalized spacial score (nSPS) is 23.9. The molecule has 1 aromatic heterocycles. The van der Waals surface area contributed by atoms with Crippen molar-refractivity contribution in [1.82, 2.24) is 4.31 Å². The third-order valence-electron chi connectivity index (χ3n) is 3.57. The molecule has 1 saturated carbocycles. The van der Waals surface area contributed by atoms with Crippen LogP contribution in [0.15, 0.2) is 16.5 Å². The molecule has 0 aromatic carbocycles. The zero-order chi connectivity index (χ0) is 13.5. The number of nitrogens with zero attached hydrogens (tertiary/aromatic N) is 1. The predicted octanol–water partition coefficient (Wildman–Crippen LogP) is 2.57. The second kappa shape index (κ2) is 4.70. The van der Waals surface area contributed by atoms with Crippen LogP contribution in [-0.4, -0.2) is 25.0 Å². The highest BCUT2D eigenvalue weighted by molar-refractivity contribution is 7.89. The van der Waals surface area contributed by atoms with Crippen LogP contribution in [-0.2, 0) is 16.6 Å². The molecule has 1 heterocycles. The van der Waals surface area contributed by atoms with Gasteiger partial charge < -0.3 is 4.42 Å². The summed E-state index contributed by atoms with van der Waals surface area (Å²) in [6, 6.07) is 3.85. The maximum atomic E-state index is 11.9. The molecule has 2 unspecified atom stereocenters. The maximum absolute atomic E-state index is 11.9. The number of hydrogen-bond acceptors (Lipinski definition) is 3. The van der Waals surface area contributed by atoms with Gasteiger partial charge in [0, 0.05) is 13.0 Å². The van der Waals surface area contributed by atoms with Crippen molar-refractivity contribution in [2.45, 2.75) is 44.9 Å². The minimum Gasteiger partial charge on any atom is -0.464 e. The Morgan fingerprint density at radius 1 is 1.44 bits per heavy atom. The molecule has 0 spiro atoms. The van der Waals surface area contributed by atoms with E-state index < -0.39 is 15.3 Å². The average molecular weight is 271 g/mol. The standard InChI is InChI=1S/C13H21NO3S/c1-9(2)18(15,16)14(4)8-11-5-6-13(17-11)12-7-10(12)3/h5-6,9-10,12H,7-8H2,1-4H3. The Hall–Kier alpha value is -0.810. The molecule has 1 aromatic rings. The number of rotatable bonds is 5. The smallest absolute Gasteiger partial charge is 0.216 e. The van der Waals surface area contributed by atoms with Crippen LogP contribution in [0.4, 0.5) is 0 Å². The molecular formula is C13H21NO3S. The van der Waals surface area contributed by atoms with E-state index in [1.807, 2.05) is 12.1 Å². The second-order valence-corrected chi connectivity index (χ2v) is 8.07. The molecule has 18 heavy (non-hydrogen) atoms. The molecule has 0 radical (unpaired) electrons. The first-order chi connectivity index (χ1) is 8.32. The lowest BCUT2D eigenvalue weighted by Gasteiger charge is -2.18. The van der Waals surface area contributed by atoms with E-state index >= 15 is 0 Å². The van der Waals surface area contributed by atoms with Crippen molar-refractivity contribution in [3.05, 3.63) is 23.7 Å².